The number of nitrogens with zero attached hydrogens (tertiary/aromatic N) is 2. The fraction of sp³-hybridized carbons (Fsp3) is 0.280. The van der Waals surface area contributed by atoms with Crippen LogP contribution in [0.25, 0.3) is 22.3 Å². The van der Waals surface area contributed by atoms with Crippen molar-refractivity contribution >= 4 is 21.7 Å². The van der Waals surface area contributed by atoms with E-state index in [9.17, 15) is 13.2 Å². The molecule has 2 aromatic carbocycles. The number of carbonyl (C=O) groups excluding carboxylic acids is 1. The molecule has 3 N–H and O–H groups in total. The van der Waals surface area contributed by atoms with E-state index >= 15 is 0 Å². The summed E-state index contributed by atoms with van der Waals surface area (Å²) in [5, 5.41) is 2.88. The molecule has 1 atom stereocenters. The maximum Gasteiger partial charge on any atom is 0.255 e. The van der Waals surface area contributed by atoms with E-state index in [0.29, 0.717) is 29.3 Å². The molecule has 2 aliphatic rings. The average molecular weight is 479 g/mol. The molecule has 0 saturated heterocycles. The van der Waals surface area contributed by atoms with Crippen LogP contribution in [0.4, 0.5) is 5.82 Å². The smallest absolute Gasteiger partial charge is 0.255 e. The van der Waals surface area contributed by atoms with Gasteiger partial charge in [-0.15, -0.1) is 0 Å². The van der Waals surface area contributed by atoms with Gasteiger partial charge in [0.1, 0.15) is 18.2 Å². The molecule has 34 heavy (non-hydrogen) atoms. The monoisotopic (exact) mass is 478 g/mol. The van der Waals surface area contributed by atoms with Crippen LogP contribution in [0.5, 0.6) is 5.75 Å². The number of rotatable bonds is 5. The maximum absolute atomic E-state index is 12.8. The van der Waals surface area contributed by atoms with Crippen LogP contribution in [0, 0.1) is 0 Å². The van der Waals surface area contributed by atoms with Gasteiger partial charge in [-0.2, -0.15) is 4.31 Å². The lowest BCUT2D eigenvalue weighted by atomic mass is 9.99. The standard InChI is InChI=1S/C25H26N4O4S/c1-15-14-33-23-12-17(5-10-21(23)25(30)28-15)22-11-18(13-27-24(22)26)16-3-8-20(9-4-16)34(31,32)29(2)19-6-7-19/h3-5,8-13,15,19H,6-7,14H2,1-2H3,(H2,26,27)(H,28,30). The first-order valence-electron chi connectivity index (χ1n) is 11.2. The van der Waals surface area contributed by atoms with E-state index in [1.165, 1.54) is 4.31 Å². The molecule has 5 rings (SSSR count). The molecule has 1 aliphatic heterocycles. The second kappa shape index (κ2) is 8.41. The zero-order chi connectivity index (χ0) is 24.0. The Balaban J connectivity index is 1.46. The SMILES string of the molecule is CC1COc2cc(-c3cc(-c4ccc(S(=O)(=O)N(C)C5CC5)cc4)cnc3N)ccc2C(=O)N1. The molecule has 1 fully saturated rings. The molecule has 3 aromatic rings. The predicted molar refractivity (Wildman–Crippen MR) is 130 cm³/mol. The van der Waals surface area contributed by atoms with Gasteiger partial charge in [0.2, 0.25) is 10.0 Å². The normalized spacial score (nSPS) is 18.1. The van der Waals surface area contributed by atoms with Gasteiger partial charge in [0, 0.05) is 30.4 Å². The van der Waals surface area contributed by atoms with Gasteiger partial charge in [-0.3, -0.25) is 4.79 Å². The number of carbonyl (C=O) groups is 1. The van der Waals surface area contributed by atoms with Crippen molar-refractivity contribution in [2.45, 2.75) is 36.7 Å². The number of nitrogen functional groups attached to an aromatic ring is 1. The van der Waals surface area contributed by atoms with Gasteiger partial charge in [-0.25, -0.2) is 13.4 Å². The number of pyridine rings is 1. The van der Waals surface area contributed by atoms with Crippen molar-refractivity contribution in [3.05, 3.63) is 60.3 Å². The molecule has 1 aromatic heterocycles. The highest BCUT2D eigenvalue weighted by Crippen LogP contribution is 2.35. The lowest BCUT2D eigenvalue weighted by molar-refractivity contribution is 0.0942. The van der Waals surface area contributed by atoms with E-state index in [4.69, 9.17) is 10.5 Å². The molecule has 0 radical (unpaired) electrons. The van der Waals surface area contributed by atoms with Crippen LogP contribution in [-0.4, -0.2) is 49.4 Å². The fourth-order valence-corrected chi connectivity index (χ4v) is 5.46. The Morgan fingerprint density at radius 3 is 2.44 bits per heavy atom. The molecule has 1 unspecified atom stereocenters. The highest BCUT2D eigenvalue weighted by atomic mass is 32.2. The number of amides is 1. The van der Waals surface area contributed by atoms with Gasteiger partial charge in [0.25, 0.3) is 5.91 Å². The first-order valence-corrected chi connectivity index (χ1v) is 12.6. The van der Waals surface area contributed by atoms with Gasteiger partial charge >= 0.3 is 0 Å². The summed E-state index contributed by atoms with van der Waals surface area (Å²) in [5.74, 6) is 0.674. The molecule has 1 saturated carbocycles. The van der Waals surface area contributed by atoms with Crippen molar-refractivity contribution in [2.75, 3.05) is 19.4 Å². The van der Waals surface area contributed by atoms with Gasteiger partial charge < -0.3 is 15.8 Å². The first-order chi connectivity index (χ1) is 16.2. The fourth-order valence-electron chi connectivity index (χ4n) is 4.04. The van der Waals surface area contributed by atoms with E-state index in [1.807, 2.05) is 19.1 Å². The molecule has 9 heteroatoms. The summed E-state index contributed by atoms with van der Waals surface area (Å²) < 4.78 is 32.9. The van der Waals surface area contributed by atoms with Crippen molar-refractivity contribution in [3.63, 3.8) is 0 Å². The summed E-state index contributed by atoms with van der Waals surface area (Å²) in [6.45, 7) is 2.26. The van der Waals surface area contributed by atoms with Crippen molar-refractivity contribution in [1.29, 1.82) is 0 Å². The molecular formula is C25H26N4O4S. The molecule has 1 aliphatic carbocycles. The highest BCUT2D eigenvalue weighted by molar-refractivity contribution is 7.89. The largest absolute Gasteiger partial charge is 0.491 e. The Morgan fingerprint density at radius 1 is 1.03 bits per heavy atom. The second-order valence-corrected chi connectivity index (χ2v) is 10.8. The van der Waals surface area contributed by atoms with Crippen LogP contribution in [0.1, 0.15) is 30.1 Å². The summed E-state index contributed by atoms with van der Waals surface area (Å²) in [5.41, 5.74) is 9.76. The molecule has 1 amide bonds. The van der Waals surface area contributed by atoms with Crippen LogP contribution >= 0.6 is 0 Å². The number of aromatic nitrogens is 1. The molecule has 0 bridgehead atoms. The van der Waals surface area contributed by atoms with Crippen molar-refractivity contribution < 1.29 is 17.9 Å². The van der Waals surface area contributed by atoms with Crippen molar-refractivity contribution in [3.8, 4) is 28.0 Å². The van der Waals surface area contributed by atoms with E-state index in [1.54, 1.807) is 49.6 Å². The van der Waals surface area contributed by atoms with Crippen LogP contribution < -0.4 is 15.8 Å². The van der Waals surface area contributed by atoms with Gasteiger partial charge in [0.05, 0.1) is 16.5 Å². The quantitative estimate of drug-likeness (QED) is 0.582. The average Bonchev–Trinajstić information content (AvgIpc) is 3.68. The number of hydrogen-bond acceptors (Lipinski definition) is 6. The van der Waals surface area contributed by atoms with Gasteiger partial charge in [0.15, 0.2) is 0 Å². The lowest BCUT2D eigenvalue weighted by Crippen LogP contribution is -2.33. The maximum atomic E-state index is 12.8. The van der Waals surface area contributed by atoms with E-state index in [0.717, 1.165) is 29.5 Å². The minimum absolute atomic E-state index is 0.0886. The van der Waals surface area contributed by atoms with Crippen LogP contribution in [-0.2, 0) is 10.0 Å². The highest BCUT2D eigenvalue weighted by Gasteiger charge is 2.35. The van der Waals surface area contributed by atoms with Gasteiger partial charge in [-0.1, -0.05) is 18.2 Å². The summed E-state index contributed by atoms with van der Waals surface area (Å²) >= 11 is 0. The molecular weight excluding hydrogens is 452 g/mol. The van der Waals surface area contributed by atoms with Crippen LogP contribution in [0.15, 0.2) is 59.6 Å². The molecule has 176 valence electrons. The van der Waals surface area contributed by atoms with Gasteiger partial charge in [-0.05, 0) is 61.2 Å². The van der Waals surface area contributed by atoms with Crippen molar-refractivity contribution in [1.82, 2.24) is 14.6 Å². The number of hydrogen-bond donors (Lipinski definition) is 2. The first kappa shape index (κ1) is 22.4. The summed E-state index contributed by atoms with van der Waals surface area (Å²) in [7, 11) is -1.87. The third kappa shape index (κ3) is 4.12. The lowest BCUT2D eigenvalue weighted by Gasteiger charge is -2.16. The zero-order valence-corrected chi connectivity index (χ0v) is 19.8. The Kier molecular flexibility index (Phi) is 5.53. The Morgan fingerprint density at radius 2 is 1.74 bits per heavy atom. The summed E-state index contributed by atoms with van der Waals surface area (Å²) in [4.78, 5) is 17.0. The number of benzene rings is 2. The number of nitrogens with two attached hydrogens (primary N) is 1. The number of anilines is 1. The third-order valence-electron chi connectivity index (χ3n) is 6.25. The summed E-state index contributed by atoms with van der Waals surface area (Å²) in [6, 6.07) is 14.1. The topological polar surface area (TPSA) is 115 Å². The second-order valence-electron chi connectivity index (χ2n) is 8.83. The van der Waals surface area contributed by atoms with E-state index < -0.39 is 10.0 Å². The summed E-state index contributed by atoms with van der Waals surface area (Å²) in [6.07, 6.45) is 3.48. The van der Waals surface area contributed by atoms with Crippen LogP contribution in [0.2, 0.25) is 0 Å². The molecule has 8 nitrogen and oxygen atoms in total. The Bertz CT molecular complexity index is 1370. The minimum Gasteiger partial charge on any atom is -0.491 e. The molecule has 0 spiro atoms. The Labute approximate surface area is 198 Å². The zero-order valence-electron chi connectivity index (χ0n) is 19.0. The van der Waals surface area contributed by atoms with E-state index in [2.05, 4.69) is 10.3 Å². The third-order valence-corrected chi connectivity index (χ3v) is 8.17. The molecule has 2 heterocycles. The number of ether oxygens (including phenoxy) is 1. The van der Waals surface area contributed by atoms with Crippen LogP contribution in [0.3, 0.4) is 0 Å². The number of nitrogens with one attached hydrogen (secondary N) is 1. The minimum atomic E-state index is -3.50. The Hall–Kier alpha value is -3.43. The van der Waals surface area contributed by atoms with E-state index in [-0.39, 0.29) is 22.9 Å². The number of sulfonamides is 1. The predicted octanol–water partition coefficient (Wildman–Crippen LogP) is 3.29. The number of fused-ring (bicyclic) bond motifs is 1. The van der Waals surface area contributed by atoms with Crippen molar-refractivity contribution in [2.24, 2.45) is 0 Å².